The first-order valence-electron chi connectivity index (χ1n) is 5.65. The van der Waals surface area contributed by atoms with E-state index in [1.807, 2.05) is 6.92 Å². The lowest BCUT2D eigenvalue weighted by molar-refractivity contribution is 0.217. The second-order valence-corrected chi connectivity index (χ2v) is 5.33. The lowest BCUT2D eigenvalue weighted by Crippen LogP contribution is -2.17. The molecule has 0 aliphatic carbocycles. The quantitative estimate of drug-likeness (QED) is 0.416. The van der Waals surface area contributed by atoms with Gasteiger partial charge in [0, 0.05) is 11.4 Å². The van der Waals surface area contributed by atoms with Gasteiger partial charge in [-0.2, -0.15) is 0 Å². The van der Waals surface area contributed by atoms with Crippen molar-refractivity contribution in [3.63, 3.8) is 0 Å². The average Bonchev–Trinajstić information content (AvgIpc) is 2.32. The summed E-state index contributed by atoms with van der Waals surface area (Å²) in [5.74, 6) is -5.60. The summed E-state index contributed by atoms with van der Waals surface area (Å²) < 4.78 is 65.7. The molecule has 1 rings (SSSR count). The molecule has 0 radical (unpaired) electrons. The molecule has 0 fully saturated rings. The maximum atomic E-state index is 13.5. The highest BCUT2D eigenvalue weighted by atomic mass is 31.1. The van der Waals surface area contributed by atoms with Crippen LogP contribution in [0.3, 0.4) is 0 Å². The van der Waals surface area contributed by atoms with Crippen molar-refractivity contribution in [1.82, 2.24) is 0 Å². The Labute approximate surface area is 104 Å². The number of hydrogen-bond donors (Lipinski definition) is 0. The molecule has 0 heterocycles. The molecular weight excluding hydrogens is 270 g/mol. The van der Waals surface area contributed by atoms with Gasteiger partial charge in [-0.1, -0.05) is 19.8 Å². The van der Waals surface area contributed by atoms with Gasteiger partial charge in [-0.3, -0.25) is 0 Å². The Bertz CT molecular complexity index is 396. The Kier molecular flexibility index (Phi) is 6.00. The molecule has 6 heteroatoms. The molecule has 18 heavy (non-hydrogen) atoms. The van der Waals surface area contributed by atoms with Crippen molar-refractivity contribution in [2.75, 3.05) is 0 Å². The predicted octanol–water partition coefficient (Wildman–Crippen LogP) is 4.23. The Morgan fingerprint density at radius 2 is 1.83 bits per heavy atom. The molecule has 0 aliphatic rings. The van der Waals surface area contributed by atoms with Crippen LogP contribution >= 0.6 is 8.58 Å². The summed E-state index contributed by atoms with van der Waals surface area (Å²) in [4.78, 5) is 0. The molecule has 102 valence electrons. The first kappa shape index (κ1) is 15.4. The van der Waals surface area contributed by atoms with E-state index in [2.05, 4.69) is 0 Å². The molecule has 0 aromatic heterocycles. The summed E-state index contributed by atoms with van der Waals surface area (Å²) >= 11 is 0. The third-order valence-corrected chi connectivity index (χ3v) is 3.75. The van der Waals surface area contributed by atoms with Crippen molar-refractivity contribution in [3.05, 3.63) is 29.6 Å². The number of alkyl halides is 2. The summed E-state index contributed by atoms with van der Waals surface area (Å²) in [6, 6.07) is 1.08. The van der Waals surface area contributed by atoms with Crippen LogP contribution in [0.25, 0.3) is 0 Å². The number of rotatable bonds is 6. The number of benzene rings is 1. The van der Waals surface area contributed by atoms with E-state index in [-0.39, 0.29) is 6.42 Å². The zero-order valence-electron chi connectivity index (χ0n) is 9.82. The van der Waals surface area contributed by atoms with E-state index < -0.39 is 43.4 Å². The highest BCUT2D eigenvalue weighted by Crippen LogP contribution is 2.29. The number of hydrogen-bond acceptors (Lipinski definition) is 0. The predicted molar refractivity (Wildman–Crippen MR) is 63.6 cm³/mol. The Hall–Kier alpha value is -0.700. The molecule has 0 saturated heterocycles. The monoisotopic (exact) mass is 284 g/mol. The molecule has 3 atom stereocenters. The van der Waals surface area contributed by atoms with Crippen molar-refractivity contribution in [3.8, 4) is 0 Å². The van der Waals surface area contributed by atoms with E-state index in [1.54, 1.807) is 0 Å². The Balaban J connectivity index is 2.72. The topological polar surface area (TPSA) is 0 Å². The third-order valence-electron chi connectivity index (χ3n) is 2.44. The van der Waals surface area contributed by atoms with Gasteiger partial charge in [0.2, 0.25) is 0 Å². The van der Waals surface area contributed by atoms with Crippen LogP contribution in [0, 0.1) is 17.5 Å². The molecular formula is C12H14F5P. The van der Waals surface area contributed by atoms with Crippen molar-refractivity contribution in [2.45, 2.75) is 38.3 Å². The largest absolute Gasteiger partial charge is 0.244 e. The molecule has 1 aromatic rings. The van der Waals surface area contributed by atoms with Crippen LogP contribution in [0.5, 0.6) is 0 Å². The van der Waals surface area contributed by atoms with Crippen LogP contribution in [-0.4, -0.2) is 12.1 Å². The van der Waals surface area contributed by atoms with Gasteiger partial charge in [0.1, 0.15) is 12.0 Å². The van der Waals surface area contributed by atoms with Crippen LogP contribution in [0.2, 0.25) is 0 Å². The van der Waals surface area contributed by atoms with Gasteiger partial charge in [0.15, 0.2) is 17.5 Å². The minimum Gasteiger partial charge on any atom is -0.244 e. The van der Waals surface area contributed by atoms with E-state index in [0.717, 1.165) is 6.42 Å². The smallest absolute Gasteiger partial charge is 0.166 e. The fourth-order valence-corrected chi connectivity index (χ4v) is 2.56. The van der Waals surface area contributed by atoms with Crippen LogP contribution in [0.15, 0.2) is 12.1 Å². The van der Waals surface area contributed by atoms with E-state index in [0.29, 0.717) is 18.6 Å². The number of unbranched alkanes of at least 4 members (excludes halogenated alkanes) is 1. The zero-order valence-corrected chi connectivity index (χ0v) is 10.8. The summed E-state index contributed by atoms with van der Waals surface area (Å²) in [7, 11) is -0.935. The molecule has 0 spiro atoms. The summed E-state index contributed by atoms with van der Waals surface area (Å²) in [5, 5.41) is -0.445. The molecule has 0 saturated carbocycles. The van der Waals surface area contributed by atoms with Crippen LogP contribution in [0.4, 0.5) is 22.0 Å². The lowest BCUT2D eigenvalue weighted by atomic mass is 10.2. The minimum absolute atomic E-state index is 0.0318. The van der Waals surface area contributed by atoms with Crippen molar-refractivity contribution < 1.29 is 22.0 Å². The standard InChI is InChI=1S/C12H14F5P/c1-2-3-4-8(14)12(17)18-10-6-7(13)5-9(15)11(10)16/h5-6,8,12,18H,2-4H2,1H3. The van der Waals surface area contributed by atoms with Crippen LogP contribution in [0.1, 0.15) is 26.2 Å². The normalized spacial score (nSPS) is 15.2. The van der Waals surface area contributed by atoms with Crippen LogP contribution < -0.4 is 5.30 Å². The molecule has 0 bridgehead atoms. The van der Waals surface area contributed by atoms with E-state index in [9.17, 15) is 22.0 Å². The maximum Gasteiger partial charge on any atom is 0.166 e. The van der Waals surface area contributed by atoms with E-state index in [1.165, 1.54) is 0 Å². The summed E-state index contributed by atoms with van der Waals surface area (Å²) in [5.41, 5.74) is 0. The second kappa shape index (κ2) is 7.03. The van der Waals surface area contributed by atoms with Gasteiger partial charge in [0.05, 0.1) is 0 Å². The molecule has 1 aromatic carbocycles. The van der Waals surface area contributed by atoms with Gasteiger partial charge in [-0.15, -0.1) is 0 Å². The van der Waals surface area contributed by atoms with Crippen LogP contribution in [-0.2, 0) is 0 Å². The zero-order chi connectivity index (χ0) is 13.7. The fourth-order valence-electron chi connectivity index (χ4n) is 1.45. The molecule has 0 nitrogen and oxygen atoms in total. The third kappa shape index (κ3) is 4.20. The van der Waals surface area contributed by atoms with Gasteiger partial charge in [-0.05, 0) is 21.1 Å². The van der Waals surface area contributed by atoms with E-state index in [4.69, 9.17) is 0 Å². The van der Waals surface area contributed by atoms with Gasteiger partial charge < -0.3 is 0 Å². The maximum absolute atomic E-state index is 13.5. The summed E-state index contributed by atoms with van der Waals surface area (Å²) in [6.07, 6.45) is -0.455. The van der Waals surface area contributed by atoms with Crippen molar-refractivity contribution >= 4 is 13.9 Å². The first-order chi connectivity index (χ1) is 8.45. The molecule has 3 unspecified atom stereocenters. The Morgan fingerprint density at radius 1 is 1.17 bits per heavy atom. The number of halogens is 5. The van der Waals surface area contributed by atoms with E-state index >= 15 is 0 Å². The molecule has 0 aliphatic heterocycles. The van der Waals surface area contributed by atoms with Crippen molar-refractivity contribution in [1.29, 1.82) is 0 Å². The van der Waals surface area contributed by atoms with Gasteiger partial charge >= 0.3 is 0 Å². The molecule has 0 N–H and O–H groups in total. The minimum atomic E-state index is -1.92. The van der Waals surface area contributed by atoms with Gasteiger partial charge in [0.25, 0.3) is 0 Å². The fraction of sp³-hybridized carbons (Fsp3) is 0.500. The lowest BCUT2D eigenvalue weighted by Gasteiger charge is -2.14. The average molecular weight is 284 g/mol. The molecule has 0 amide bonds. The van der Waals surface area contributed by atoms with Gasteiger partial charge in [-0.25, -0.2) is 22.0 Å². The van der Waals surface area contributed by atoms with Crippen molar-refractivity contribution in [2.24, 2.45) is 0 Å². The Morgan fingerprint density at radius 3 is 2.44 bits per heavy atom. The second-order valence-electron chi connectivity index (χ2n) is 3.95. The highest BCUT2D eigenvalue weighted by Gasteiger charge is 2.23. The highest BCUT2D eigenvalue weighted by molar-refractivity contribution is 7.47. The SMILES string of the molecule is CCCCC(F)C(F)Pc1cc(F)cc(F)c1F. The first-order valence-corrected chi connectivity index (χ1v) is 6.72. The summed E-state index contributed by atoms with van der Waals surface area (Å²) in [6.45, 7) is 1.84.